The van der Waals surface area contributed by atoms with E-state index in [0.29, 0.717) is 27.0 Å². The molecule has 1 heterocycles. The first-order valence-corrected chi connectivity index (χ1v) is 10.6. The number of amides is 2. The average molecular weight is 479 g/mol. The van der Waals surface area contributed by atoms with E-state index in [1.807, 2.05) is 13.8 Å². The van der Waals surface area contributed by atoms with Crippen LogP contribution in [0.25, 0.3) is 0 Å². The van der Waals surface area contributed by atoms with E-state index in [1.165, 1.54) is 11.0 Å². The lowest BCUT2D eigenvalue weighted by Gasteiger charge is -2.35. The van der Waals surface area contributed by atoms with E-state index in [2.05, 4.69) is 0 Å². The molecule has 1 atom stereocenters. The van der Waals surface area contributed by atoms with Gasteiger partial charge in [-0.15, -0.1) is 0 Å². The molecule has 8 heteroatoms. The number of nitrogens with zero attached hydrogens (tertiary/aromatic N) is 2. The summed E-state index contributed by atoms with van der Waals surface area (Å²) in [5, 5.41) is 1.01. The molecule has 0 aliphatic carbocycles. The van der Waals surface area contributed by atoms with Crippen LogP contribution in [-0.2, 0) is 6.18 Å². The Morgan fingerprint density at radius 1 is 0.844 bits per heavy atom. The Hall–Kier alpha value is -2.70. The zero-order valence-electron chi connectivity index (χ0n) is 17.2. The molecule has 1 aliphatic rings. The Kier molecular flexibility index (Phi) is 5.63. The largest absolute Gasteiger partial charge is 0.416 e. The molecular formula is C24H19Cl2F3N2O. The molecule has 0 bridgehead atoms. The Labute approximate surface area is 194 Å². The summed E-state index contributed by atoms with van der Waals surface area (Å²) >= 11 is 12.0. The molecule has 32 heavy (non-hydrogen) atoms. The first kappa shape index (κ1) is 22.5. The van der Waals surface area contributed by atoms with Gasteiger partial charge in [-0.3, -0.25) is 9.80 Å². The summed E-state index contributed by atoms with van der Waals surface area (Å²) in [6.07, 6.45) is -4.50. The lowest BCUT2D eigenvalue weighted by atomic mass is 9.87. The molecule has 3 aromatic rings. The summed E-state index contributed by atoms with van der Waals surface area (Å²) in [7, 11) is 0. The van der Waals surface area contributed by atoms with Crippen molar-refractivity contribution < 1.29 is 18.0 Å². The summed E-state index contributed by atoms with van der Waals surface area (Å²) in [5.41, 5.74) is -0.151. The fraction of sp³-hybridized carbons (Fsp3) is 0.208. The molecule has 3 nitrogen and oxygen atoms in total. The Balaban J connectivity index is 1.90. The standard InChI is InChI=1S/C24H19Cl2F3N2O/c1-23(2)21(15-4-3-5-16(14-15)24(27,28)29)30(19-10-6-17(25)7-11-19)22(32)31(23)20-12-8-18(26)9-13-20/h3-14,21H,1-2H3/t21-/m1/s1. The molecule has 0 radical (unpaired) electrons. The van der Waals surface area contributed by atoms with Crippen molar-refractivity contribution in [2.45, 2.75) is 31.6 Å². The van der Waals surface area contributed by atoms with Crippen LogP contribution in [0.1, 0.15) is 31.0 Å². The number of halogens is 5. The second-order valence-electron chi connectivity index (χ2n) is 8.12. The van der Waals surface area contributed by atoms with Gasteiger partial charge < -0.3 is 0 Å². The van der Waals surface area contributed by atoms with E-state index < -0.39 is 23.3 Å². The monoisotopic (exact) mass is 478 g/mol. The smallest absolute Gasteiger partial charge is 0.286 e. The van der Waals surface area contributed by atoms with Gasteiger partial charge in [-0.25, -0.2) is 4.79 Å². The van der Waals surface area contributed by atoms with Crippen LogP contribution < -0.4 is 9.80 Å². The number of alkyl halides is 3. The molecule has 1 aliphatic heterocycles. The Bertz CT molecular complexity index is 1150. The van der Waals surface area contributed by atoms with Gasteiger partial charge in [-0.1, -0.05) is 35.3 Å². The Morgan fingerprint density at radius 3 is 1.91 bits per heavy atom. The predicted octanol–water partition coefficient (Wildman–Crippen LogP) is 7.98. The van der Waals surface area contributed by atoms with Gasteiger partial charge in [0.2, 0.25) is 0 Å². The van der Waals surface area contributed by atoms with Gasteiger partial charge in [0.1, 0.15) is 0 Å². The SMILES string of the molecule is CC1(C)[C@@H](c2cccc(C(F)(F)F)c2)N(c2ccc(Cl)cc2)C(=O)N1c1ccc(Cl)cc1. The number of urea groups is 1. The summed E-state index contributed by atoms with van der Waals surface area (Å²) in [5.74, 6) is 0. The third-order valence-corrected chi connectivity index (χ3v) is 6.12. The number of hydrogen-bond acceptors (Lipinski definition) is 1. The minimum atomic E-state index is -4.50. The van der Waals surface area contributed by atoms with Crippen LogP contribution in [0.5, 0.6) is 0 Å². The highest BCUT2D eigenvalue weighted by atomic mass is 35.5. The van der Waals surface area contributed by atoms with E-state index in [0.717, 1.165) is 12.1 Å². The van der Waals surface area contributed by atoms with Crippen LogP contribution in [0.2, 0.25) is 10.0 Å². The van der Waals surface area contributed by atoms with E-state index in [-0.39, 0.29) is 6.03 Å². The van der Waals surface area contributed by atoms with Gasteiger partial charge in [0.05, 0.1) is 17.1 Å². The maximum absolute atomic E-state index is 13.7. The van der Waals surface area contributed by atoms with Crippen molar-refractivity contribution in [2.24, 2.45) is 0 Å². The Morgan fingerprint density at radius 2 is 1.38 bits per heavy atom. The zero-order valence-corrected chi connectivity index (χ0v) is 18.7. The summed E-state index contributed by atoms with van der Waals surface area (Å²) in [6.45, 7) is 3.67. The highest BCUT2D eigenvalue weighted by Gasteiger charge is 2.53. The maximum atomic E-state index is 13.7. The normalized spacial score (nSPS) is 18.3. The van der Waals surface area contributed by atoms with Crippen LogP contribution in [0.3, 0.4) is 0 Å². The molecule has 3 aromatic carbocycles. The highest BCUT2D eigenvalue weighted by Crippen LogP contribution is 2.48. The van der Waals surface area contributed by atoms with Gasteiger partial charge in [-0.05, 0) is 80.1 Å². The van der Waals surface area contributed by atoms with Gasteiger partial charge in [0.15, 0.2) is 0 Å². The number of benzene rings is 3. The van der Waals surface area contributed by atoms with Crippen molar-refractivity contribution in [2.75, 3.05) is 9.80 Å². The van der Waals surface area contributed by atoms with Crippen LogP contribution in [0, 0.1) is 0 Å². The third-order valence-electron chi connectivity index (χ3n) is 5.62. The molecule has 0 saturated carbocycles. The van der Waals surface area contributed by atoms with Gasteiger partial charge >= 0.3 is 12.2 Å². The molecule has 1 fully saturated rings. The van der Waals surface area contributed by atoms with Crippen molar-refractivity contribution in [3.05, 3.63) is 94.0 Å². The fourth-order valence-corrected chi connectivity index (χ4v) is 4.49. The molecule has 0 unspecified atom stereocenters. The number of hydrogen-bond donors (Lipinski definition) is 0. The second-order valence-corrected chi connectivity index (χ2v) is 8.99. The zero-order chi connectivity index (χ0) is 23.3. The summed E-state index contributed by atoms with van der Waals surface area (Å²) in [4.78, 5) is 16.8. The first-order chi connectivity index (χ1) is 15.0. The number of anilines is 2. The topological polar surface area (TPSA) is 23.6 Å². The lowest BCUT2D eigenvalue weighted by molar-refractivity contribution is -0.137. The van der Waals surface area contributed by atoms with E-state index in [4.69, 9.17) is 23.2 Å². The third kappa shape index (κ3) is 3.93. The molecule has 166 valence electrons. The van der Waals surface area contributed by atoms with Crippen molar-refractivity contribution in [3.8, 4) is 0 Å². The maximum Gasteiger partial charge on any atom is 0.416 e. The summed E-state index contributed by atoms with van der Waals surface area (Å²) < 4.78 is 40.3. The van der Waals surface area contributed by atoms with Gasteiger partial charge in [0, 0.05) is 21.4 Å². The number of rotatable bonds is 3. The van der Waals surface area contributed by atoms with Crippen LogP contribution in [0.4, 0.5) is 29.3 Å². The predicted molar refractivity (Wildman–Crippen MR) is 122 cm³/mol. The molecule has 0 N–H and O–H groups in total. The molecule has 4 rings (SSSR count). The highest BCUT2D eigenvalue weighted by molar-refractivity contribution is 6.31. The van der Waals surface area contributed by atoms with E-state index in [9.17, 15) is 18.0 Å². The first-order valence-electron chi connectivity index (χ1n) is 9.82. The molecule has 0 spiro atoms. The molecule has 0 aromatic heterocycles. The van der Waals surface area contributed by atoms with Crippen LogP contribution in [0.15, 0.2) is 72.8 Å². The van der Waals surface area contributed by atoms with E-state index in [1.54, 1.807) is 59.5 Å². The molecule has 1 saturated heterocycles. The fourth-order valence-electron chi connectivity index (χ4n) is 4.24. The van der Waals surface area contributed by atoms with Gasteiger partial charge in [0.25, 0.3) is 0 Å². The van der Waals surface area contributed by atoms with Crippen LogP contribution >= 0.6 is 23.2 Å². The minimum absolute atomic E-state index is 0.359. The van der Waals surface area contributed by atoms with Gasteiger partial charge in [-0.2, -0.15) is 13.2 Å². The van der Waals surface area contributed by atoms with Crippen molar-refractivity contribution in [1.82, 2.24) is 0 Å². The average Bonchev–Trinajstić information content (AvgIpc) is 2.94. The number of carbonyl (C=O) groups is 1. The van der Waals surface area contributed by atoms with Crippen molar-refractivity contribution in [1.29, 1.82) is 0 Å². The lowest BCUT2D eigenvalue weighted by Crippen LogP contribution is -2.43. The van der Waals surface area contributed by atoms with Crippen molar-refractivity contribution in [3.63, 3.8) is 0 Å². The molecule has 2 amide bonds. The minimum Gasteiger partial charge on any atom is -0.286 e. The van der Waals surface area contributed by atoms with Crippen LogP contribution in [-0.4, -0.2) is 11.6 Å². The van der Waals surface area contributed by atoms with Crippen molar-refractivity contribution >= 4 is 40.6 Å². The molecular weight excluding hydrogens is 460 g/mol. The summed E-state index contributed by atoms with van der Waals surface area (Å²) in [6, 6.07) is 17.5. The quantitative estimate of drug-likeness (QED) is 0.374. The second kappa shape index (κ2) is 8.01. The number of carbonyl (C=O) groups excluding carboxylic acids is 1. The van der Waals surface area contributed by atoms with E-state index >= 15 is 0 Å².